The SMILES string of the molecule is COCCN=c1cc(-c2ccc(OC)c(OC)c2)oc2ccc(C)cc12. The maximum atomic E-state index is 6.14. The molecule has 1 heterocycles. The zero-order chi connectivity index (χ0) is 18.5. The lowest BCUT2D eigenvalue weighted by molar-refractivity contribution is 0.207. The van der Waals surface area contributed by atoms with E-state index in [2.05, 4.69) is 18.0 Å². The van der Waals surface area contributed by atoms with Gasteiger partial charge in [-0.15, -0.1) is 0 Å². The first-order chi connectivity index (χ1) is 12.7. The van der Waals surface area contributed by atoms with Crippen LogP contribution in [0.3, 0.4) is 0 Å². The number of ether oxygens (including phenoxy) is 3. The van der Waals surface area contributed by atoms with Crippen LogP contribution in [-0.2, 0) is 4.74 Å². The van der Waals surface area contributed by atoms with Crippen LogP contribution in [0.5, 0.6) is 11.5 Å². The Labute approximate surface area is 152 Å². The van der Waals surface area contributed by atoms with Crippen molar-refractivity contribution in [2.24, 2.45) is 4.99 Å². The summed E-state index contributed by atoms with van der Waals surface area (Å²) in [6.07, 6.45) is 0. The molecule has 0 fully saturated rings. The zero-order valence-electron chi connectivity index (χ0n) is 15.5. The van der Waals surface area contributed by atoms with E-state index in [4.69, 9.17) is 18.6 Å². The van der Waals surface area contributed by atoms with Crippen molar-refractivity contribution in [1.29, 1.82) is 0 Å². The Kier molecular flexibility index (Phi) is 5.58. The van der Waals surface area contributed by atoms with Crippen LogP contribution in [0.15, 0.2) is 51.9 Å². The number of aryl methyl sites for hydroxylation is 1. The number of fused-ring (bicyclic) bond motifs is 1. The number of hydrogen-bond donors (Lipinski definition) is 0. The van der Waals surface area contributed by atoms with Crippen LogP contribution in [0.25, 0.3) is 22.3 Å². The highest BCUT2D eigenvalue weighted by Crippen LogP contribution is 2.32. The molecule has 0 atom stereocenters. The molecule has 5 nitrogen and oxygen atoms in total. The molecule has 0 N–H and O–H groups in total. The number of nitrogens with zero attached hydrogens (tertiary/aromatic N) is 1. The smallest absolute Gasteiger partial charge is 0.161 e. The third-order valence-corrected chi connectivity index (χ3v) is 4.14. The second-order valence-electron chi connectivity index (χ2n) is 5.94. The van der Waals surface area contributed by atoms with E-state index in [1.807, 2.05) is 36.4 Å². The summed E-state index contributed by atoms with van der Waals surface area (Å²) in [5.41, 5.74) is 2.85. The molecule has 2 aromatic carbocycles. The van der Waals surface area contributed by atoms with E-state index in [0.29, 0.717) is 24.7 Å². The molecule has 0 amide bonds. The van der Waals surface area contributed by atoms with E-state index >= 15 is 0 Å². The van der Waals surface area contributed by atoms with Crippen molar-refractivity contribution in [3.05, 3.63) is 53.4 Å². The molecule has 0 bridgehead atoms. The lowest BCUT2D eigenvalue weighted by atomic mass is 10.1. The fourth-order valence-corrected chi connectivity index (χ4v) is 2.80. The van der Waals surface area contributed by atoms with E-state index in [1.54, 1.807) is 21.3 Å². The lowest BCUT2D eigenvalue weighted by Crippen LogP contribution is -2.07. The summed E-state index contributed by atoms with van der Waals surface area (Å²) in [5.74, 6) is 2.05. The first-order valence-corrected chi connectivity index (χ1v) is 8.42. The van der Waals surface area contributed by atoms with Crippen molar-refractivity contribution in [2.45, 2.75) is 6.92 Å². The van der Waals surface area contributed by atoms with Gasteiger partial charge in [0.05, 0.1) is 32.7 Å². The minimum absolute atomic E-state index is 0.574. The fraction of sp³-hybridized carbons (Fsp3) is 0.286. The van der Waals surface area contributed by atoms with E-state index in [9.17, 15) is 0 Å². The zero-order valence-corrected chi connectivity index (χ0v) is 15.5. The number of methoxy groups -OCH3 is 3. The summed E-state index contributed by atoms with van der Waals surface area (Å²) in [5, 5.41) is 1.88. The third-order valence-electron chi connectivity index (χ3n) is 4.14. The summed E-state index contributed by atoms with van der Waals surface area (Å²) in [6.45, 7) is 3.22. The second-order valence-corrected chi connectivity index (χ2v) is 5.94. The molecule has 0 saturated carbocycles. The Hall–Kier alpha value is -2.79. The predicted molar refractivity (Wildman–Crippen MR) is 102 cm³/mol. The van der Waals surface area contributed by atoms with Gasteiger partial charge in [0, 0.05) is 24.1 Å². The minimum Gasteiger partial charge on any atom is -0.493 e. The average molecular weight is 353 g/mol. The van der Waals surface area contributed by atoms with Crippen molar-refractivity contribution in [2.75, 3.05) is 34.5 Å². The Balaban J connectivity index is 2.18. The standard InChI is InChI=1S/C21H23NO4/c1-14-5-7-18-16(11-14)17(22-9-10-23-2)13-20(26-18)15-6-8-19(24-3)21(12-15)25-4/h5-8,11-13H,9-10H2,1-4H3. The van der Waals surface area contributed by atoms with Crippen molar-refractivity contribution in [3.8, 4) is 22.8 Å². The Morgan fingerprint density at radius 3 is 2.46 bits per heavy atom. The third kappa shape index (κ3) is 3.73. The van der Waals surface area contributed by atoms with Crippen LogP contribution >= 0.6 is 0 Å². The van der Waals surface area contributed by atoms with Gasteiger partial charge in [0.1, 0.15) is 11.3 Å². The van der Waals surface area contributed by atoms with Gasteiger partial charge in [-0.3, -0.25) is 4.99 Å². The summed E-state index contributed by atoms with van der Waals surface area (Å²) >= 11 is 0. The number of benzene rings is 2. The maximum absolute atomic E-state index is 6.14. The highest BCUT2D eigenvalue weighted by atomic mass is 16.5. The largest absolute Gasteiger partial charge is 0.493 e. The number of rotatable bonds is 6. The first-order valence-electron chi connectivity index (χ1n) is 8.42. The van der Waals surface area contributed by atoms with Gasteiger partial charge in [-0.05, 0) is 37.3 Å². The first kappa shape index (κ1) is 18.0. The molecule has 136 valence electrons. The topological polar surface area (TPSA) is 53.2 Å². The minimum atomic E-state index is 0.574. The molecule has 0 unspecified atom stereocenters. The molecule has 0 saturated heterocycles. The van der Waals surface area contributed by atoms with Gasteiger partial charge in [0.2, 0.25) is 0 Å². The van der Waals surface area contributed by atoms with E-state index in [0.717, 1.165) is 33.2 Å². The molecule has 3 rings (SSSR count). The van der Waals surface area contributed by atoms with Gasteiger partial charge in [0.25, 0.3) is 0 Å². The molecule has 3 aromatic rings. The molecule has 0 spiro atoms. The molecule has 0 aliphatic heterocycles. The Bertz CT molecular complexity index is 975. The van der Waals surface area contributed by atoms with E-state index < -0.39 is 0 Å². The molecule has 1 aromatic heterocycles. The van der Waals surface area contributed by atoms with Gasteiger partial charge >= 0.3 is 0 Å². The maximum Gasteiger partial charge on any atom is 0.161 e. The molecule has 26 heavy (non-hydrogen) atoms. The van der Waals surface area contributed by atoms with Crippen molar-refractivity contribution >= 4 is 11.0 Å². The van der Waals surface area contributed by atoms with Crippen molar-refractivity contribution in [1.82, 2.24) is 0 Å². The summed E-state index contributed by atoms with van der Waals surface area (Å²) < 4.78 is 22.0. The van der Waals surface area contributed by atoms with Gasteiger partial charge < -0.3 is 18.6 Å². The van der Waals surface area contributed by atoms with E-state index in [-0.39, 0.29) is 0 Å². The Morgan fingerprint density at radius 1 is 0.923 bits per heavy atom. The molecule has 0 aliphatic carbocycles. The second kappa shape index (κ2) is 8.06. The van der Waals surface area contributed by atoms with Gasteiger partial charge in [-0.2, -0.15) is 0 Å². The lowest BCUT2D eigenvalue weighted by Gasteiger charge is -2.10. The van der Waals surface area contributed by atoms with Crippen LogP contribution < -0.4 is 14.8 Å². The van der Waals surface area contributed by atoms with Crippen molar-refractivity contribution in [3.63, 3.8) is 0 Å². The molecular formula is C21H23NO4. The molecule has 0 radical (unpaired) electrons. The van der Waals surface area contributed by atoms with Crippen LogP contribution in [0.4, 0.5) is 0 Å². The fourth-order valence-electron chi connectivity index (χ4n) is 2.80. The highest BCUT2D eigenvalue weighted by molar-refractivity contribution is 5.79. The van der Waals surface area contributed by atoms with Crippen molar-refractivity contribution < 1.29 is 18.6 Å². The number of hydrogen-bond acceptors (Lipinski definition) is 5. The van der Waals surface area contributed by atoms with Gasteiger partial charge in [-0.1, -0.05) is 11.6 Å². The summed E-state index contributed by atoms with van der Waals surface area (Å²) in [4.78, 5) is 4.69. The Morgan fingerprint density at radius 2 is 1.73 bits per heavy atom. The van der Waals surface area contributed by atoms with Crippen LogP contribution in [0.1, 0.15) is 5.56 Å². The van der Waals surface area contributed by atoms with E-state index in [1.165, 1.54) is 0 Å². The normalized spacial score (nSPS) is 11.8. The molecular weight excluding hydrogens is 330 g/mol. The summed E-state index contributed by atoms with van der Waals surface area (Å²) in [7, 11) is 4.91. The van der Waals surface area contributed by atoms with Crippen LogP contribution in [0.2, 0.25) is 0 Å². The van der Waals surface area contributed by atoms with Gasteiger partial charge in [0.15, 0.2) is 11.5 Å². The highest BCUT2D eigenvalue weighted by Gasteiger charge is 2.10. The van der Waals surface area contributed by atoms with Crippen LogP contribution in [-0.4, -0.2) is 34.5 Å². The monoisotopic (exact) mass is 353 g/mol. The van der Waals surface area contributed by atoms with Crippen LogP contribution in [0, 0.1) is 6.92 Å². The summed E-state index contributed by atoms with van der Waals surface area (Å²) in [6, 6.07) is 13.8. The predicted octanol–water partition coefficient (Wildman–Crippen LogP) is 3.97. The van der Waals surface area contributed by atoms with Gasteiger partial charge in [-0.25, -0.2) is 0 Å². The average Bonchev–Trinajstić information content (AvgIpc) is 2.67. The molecule has 5 heteroatoms. The quantitative estimate of drug-likeness (QED) is 0.629. The molecule has 0 aliphatic rings.